The molecule has 12 heavy (non-hydrogen) atoms. The molecule has 0 aliphatic rings. The second kappa shape index (κ2) is 4.26. The summed E-state index contributed by atoms with van der Waals surface area (Å²) in [6.45, 7) is 11.7. The molecule has 0 aromatic heterocycles. The Kier molecular flexibility index (Phi) is 3.96. The molecule has 2 N–H and O–H groups in total. The van der Waals surface area contributed by atoms with Crippen molar-refractivity contribution in [3.8, 4) is 0 Å². The first-order valence-corrected chi connectivity index (χ1v) is 4.05. The van der Waals surface area contributed by atoms with Crippen molar-refractivity contribution in [2.75, 3.05) is 0 Å². The molecule has 70 valence electrons. The monoisotopic (exact) mass is 170 g/mol. The fourth-order valence-electron chi connectivity index (χ4n) is 0.593. The van der Waals surface area contributed by atoms with Crippen LogP contribution in [0.25, 0.3) is 0 Å². The minimum atomic E-state index is -0.160. The van der Waals surface area contributed by atoms with Gasteiger partial charge in [0.15, 0.2) is 0 Å². The smallest absolute Gasteiger partial charge is 0.219 e. The topological polar surface area (TPSA) is 47.6 Å². The van der Waals surface area contributed by atoms with Crippen LogP contribution < -0.4 is 5.90 Å². The van der Waals surface area contributed by atoms with Crippen molar-refractivity contribution in [2.24, 2.45) is 16.3 Å². The fourth-order valence-corrected chi connectivity index (χ4v) is 0.593. The van der Waals surface area contributed by atoms with Crippen LogP contribution >= 0.6 is 0 Å². The molecule has 0 fully saturated rings. The number of allylic oxidation sites excluding steroid dienone is 1. The van der Waals surface area contributed by atoms with E-state index in [-0.39, 0.29) is 5.41 Å². The van der Waals surface area contributed by atoms with Crippen LogP contribution in [0.4, 0.5) is 0 Å². The van der Waals surface area contributed by atoms with Crippen LogP contribution in [0, 0.1) is 5.41 Å². The molecule has 0 saturated heterocycles. The molecule has 0 radical (unpaired) electrons. The molecule has 0 heterocycles. The van der Waals surface area contributed by atoms with Gasteiger partial charge in [-0.15, -0.1) is 0 Å². The van der Waals surface area contributed by atoms with E-state index in [0.29, 0.717) is 5.90 Å². The van der Waals surface area contributed by atoms with E-state index in [9.17, 15) is 0 Å². The third-order valence-electron chi connectivity index (χ3n) is 1.42. The van der Waals surface area contributed by atoms with Gasteiger partial charge in [0.05, 0.1) is 0 Å². The van der Waals surface area contributed by atoms with Crippen LogP contribution in [-0.4, -0.2) is 5.90 Å². The summed E-state index contributed by atoms with van der Waals surface area (Å²) >= 11 is 0. The highest BCUT2D eigenvalue weighted by molar-refractivity contribution is 5.82. The molecule has 0 unspecified atom stereocenters. The van der Waals surface area contributed by atoms with Gasteiger partial charge in [-0.05, 0) is 6.42 Å². The molecule has 0 saturated carbocycles. The minimum absolute atomic E-state index is 0.160. The minimum Gasteiger partial charge on any atom is -0.395 e. The lowest BCUT2D eigenvalue weighted by Gasteiger charge is -2.18. The number of nitrogens with zero attached hydrogens (tertiary/aromatic N) is 1. The van der Waals surface area contributed by atoms with Crippen molar-refractivity contribution in [1.82, 2.24) is 0 Å². The summed E-state index contributed by atoms with van der Waals surface area (Å²) in [6.07, 6.45) is 0.808. The molecule has 3 heteroatoms. The van der Waals surface area contributed by atoms with E-state index in [1.165, 1.54) is 0 Å². The van der Waals surface area contributed by atoms with Gasteiger partial charge in [0.1, 0.15) is 0 Å². The number of hydrogen-bond donors (Lipinski definition) is 1. The van der Waals surface area contributed by atoms with Crippen molar-refractivity contribution < 1.29 is 4.84 Å². The van der Waals surface area contributed by atoms with Gasteiger partial charge in [0.25, 0.3) is 0 Å². The summed E-state index contributed by atoms with van der Waals surface area (Å²) in [5.41, 5.74) is 0.623. The third-order valence-corrected chi connectivity index (χ3v) is 1.42. The van der Waals surface area contributed by atoms with E-state index in [4.69, 9.17) is 5.90 Å². The first kappa shape index (κ1) is 11.2. The Morgan fingerprint density at radius 1 is 1.50 bits per heavy atom. The largest absolute Gasteiger partial charge is 0.395 e. The molecule has 0 bridgehead atoms. The molecule has 0 atom stereocenters. The second-order valence-corrected chi connectivity index (χ2v) is 3.70. The van der Waals surface area contributed by atoms with Crippen LogP contribution in [0.1, 0.15) is 34.1 Å². The highest BCUT2D eigenvalue weighted by Crippen LogP contribution is 2.17. The zero-order valence-corrected chi connectivity index (χ0v) is 8.35. The lowest BCUT2D eigenvalue weighted by Crippen LogP contribution is -2.26. The van der Waals surface area contributed by atoms with E-state index < -0.39 is 0 Å². The van der Waals surface area contributed by atoms with Gasteiger partial charge in [-0.3, -0.25) is 0 Å². The Balaban J connectivity index is 4.55. The normalized spacial score (nSPS) is 12.9. The van der Waals surface area contributed by atoms with Gasteiger partial charge in [-0.2, -0.15) is 5.90 Å². The highest BCUT2D eigenvalue weighted by Gasteiger charge is 2.20. The Bertz CT molecular complexity index is 189. The second-order valence-electron chi connectivity index (χ2n) is 3.70. The molecule has 3 nitrogen and oxygen atoms in total. The van der Waals surface area contributed by atoms with Gasteiger partial charge < -0.3 is 4.84 Å². The Morgan fingerprint density at radius 3 is 2.25 bits per heavy atom. The van der Waals surface area contributed by atoms with Crippen molar-refractivity contribution >= 4 is 5.90 Å². The zero-order chi connectivity index (χ0) is 9.78. The van der Waals surface area contributed by atoms with Crippen LogP contribution in [-0.2, 0) is 4.84 Å². The van der Waals surface area contributed by atoms with Crippen molar-refractivity contribution in [1.29, 1.82) is 0 Å². The first-order chi connectivity index (χ1) is 5.41. The van der Waals surface area contributed by atoms with E-state index in [1.807, 2.05) is 27.7 Å². The van der Waals surface area contributed by atoms with E-state index in [2.05, 4.69) is 16.4 Å². The third kappa shape index (κ3) is 3.53. The molecular formula is C9H18N2O. The quantitative estimate of drug-likeness (QED) is 0.392. The molecule has 0 spiro atoms. The van der Waals surface area contributed by atoms with Gasteiger partial charge in [0, 0.05) is 11.1 Å². The summed E-state index contributed by atoms with van der Waals surface area (Å²) < 4.78 is 0. The van der Waals surface area contributed by atoms with Crippen LogP contribution in [0.3, 0.4) is 0 Å². The van der Waals surface area contributed by atoms with Crippen molar-refractivity contribution in [3.05, 3.63) is 12.3 Å². The number of rotatable bonds is 2. The fraction of sp³-hybridized carbons (Fsp3) is 0.667. The maximum absolute atomic E-state index is 5.09. The predicted molar refractivity (Wildman–Crippen MR) is 51.6 cm³/mol. The number of hydrogen-bond acceptors (Lipinski definition) is 3. The van der Waals surface area contributed by atoms with Crippen molar-refractivity contribution in [2.45, 2.75) is 34.1 Å². The van der Waals surface area contributed by atoms with E-state index in [1.54, 1.807) is 0 Å². The Labute approximate surface area is 74.3 Å². The molecule has 0 aromatic carbocycles. The summed E-state index contributed by atoms with van der Waals surface area (Å²) in [6, 6.07) is 0. The summed E-state index contributed by atoms with van der Waals surface area (Å²) in [5.74, 6) is 5.61. The summed E-state index contributed by atoms with van der Waals surface area (Å²) in [7, 11) is 0. The lowest BCUT2D eigenvalue weighted by atomic mass is 9.97. The highest BCUT2D eigenvalue weighted by atomic mass is 16.6. The number of aliphatic imine (C=N–C) groups is 1. The predicted octanol–water partition coefficient (Wildman–Crippen LogP) is 2.25. The SMILES string of the molecule is C=C(CC)/N=C(\ON)C(C)(C)C. The van der Waals surface area contributed by atoms with Gasteiger partial charge in [-0.25, -0.2) is 4.99 Å². The summed E-state index contributed by atoms with van der Waals surface area (Å²) in [4.78, 5) is 8.84. The first-order valence-electron chi connectivity index (χ1n) is 4.05. The molecule has 0 rings (SSSR count). The van der Waals surface area contributed by atoms with Crippen LogP contribution in [0.15, 0.2) is 17.3 Å². The van der Waals surface area contributed by atoms with Crippen molar-refractivity contribution in [3.63, 3.8) is 0 Å². The van der Waals surface area contributed by atoms with Crippen LogP contribution in [0.2, 0.25) is 0 Å². The Morgan fingerprint density at radius 2 is 2.00 bits per heavy atom. The maximum Gasteiger partial charge on any atom is 0.219 e. The maximum atomic E-state index is 5.09. The zero-order valence-electron chi connectivity index (χ0n) is 8.35. The molecule has 0 aromatic rings. The summed E-state index contributed by atoms with van der Waals surface area (Å²) in [5, 5.41) is 0. The molecule has 0 amide bonds. The van der Waals surface area contributed by atoms with Crippen LogP contribution in [0.5, 0.6) is 0 Å². The van der Waals surface area contributed by atoms with Gasteiger partial charge in [0.2, 0.25) is 5.90 Å². The molecule has 0 aliphatic carbocycles. The van der Waals surface area contributed by atoms with E-state index >= 15 is 0 Å². The van der Waals surface area contributed by atoms with E-state index in [0.717, 1.165) is 12.1 Å². The Hall–Kier alpha value is -0.830. The average Bonchev–Trinajstić information content (AvgIpc) is 1.97. The molecular weight excluding hydrogens is 152 g/mol. The number of nitrogens with two attached hydrogens (primary N) is 1. The average molecular weight is 170 g/mol. The lowest BCUT2D eigenvalue weighted by molar-refractivity contribution is 0.273. The molecule has 0 aliphatic heterocycles. The standard InChI is InChI=1S/C9H18N2O/c1-6-7(2)11-8(12-10)9(3,4)5/h2,6,10H2,1,3-5H3/b11-8-. The van der Waals surface area contributed by atoms with Gasteiger partial charge in [-0.1, -0.05) is 34.3 Å². The van der Waals surface area contributed by atoms with Gasteiger partial charge >= 0.3 is 0 Å².